The van der Waals surface area contributed by atoms with Crippen LogP contribution in [0.15, 0.2) is 48.1 Å². The molecular weight excluding hydrogens is 144 g/mol. The summed E-state index contributed by atoms with van der Waals surface area (Å²) < 4.78 is 0. The van der Waals surface area contributed by atoms with Crippen LogP contribution in [0.2, 0.25) is 0 Å². The Hall–Kier alpha value is -1.04. The molecule has 0 aromatic carbocycles. The predicted molar refractivity (Wildman–Crippen MR) is 52.8 cm³/mol. The van der Waals surface area contributed by atoms with Crippen molar-refractivity contribution in [3.05, 3.63) is 48.1 Å². The average molecular weight is 158 g/mol. The van der Waals surface area contributed by atoms with Crippen LogP contribution in [0.4, 0.5) is 0 Å². The minimum Gasteiger partial charge on any atom is -0.0807 e. The van der Waals surface area contributed by atoms with E-state index in [-0.39, 0.29) is 0 Å². The van der Waals surface area contributed by atoms with Gasteiger partial charge in [0.05, 0.1) is 0 Å². The maximum Gasteiger partial charge on any atom is 0.00180 e. The highest BCUT2D eigenvalue weighted by Crippen LogP contribution is 2.27. The second-order valence-electron chi connectivity index (χ2n) is 3.37. The molecule has 0 heteroatoms. The van der Waals surface area contributed by atoms with Crippen LogP contribution < -0.4 is 0 Å². The third-order valence-electron chi connectivity index (χ3n) is 2.49. The molecule has 2 aliphatic carbocycles. The molecule has 0 N–H and O–H groups in total. The standard InChI is InChI=1S/C12H14/c1-2-4-8-12-10-6-5-9-11(12)7-3-1/h1-4,7-9,12H,5-6,10H2/b2-1-,7-3-,8-4-. The summed E-state index contributed by atoms with van der Waals surface area (Å²) in [5.74, 6) is 0.681. The molecule has 0 saturated carbocycles. The lowest BCUT2D eigenvalue weighted by molar-refractivity contribution is 0.609. The molecule has 0 bridgehead atoms. The van der Waals surface area contributed by atoms with Crippen LogP contribution in [0.1, 0.15) is 19.3 Å². The molecule has 0 spiro atoms. The summed E-state index contributed by atoms with van der Waals surface area (Å²) in [6, 6.07) is 0. The molecule has 12 heavy (non-hydrogen) atoms. The molecule has 0 aromatic heterocycles. The molecule has 1 unspecified atom stereocenters. The first-order chi connectivity index (χ1) is 5.97. The van der Waals surface area contributed by atoms with Crippen LogP contribution in [-0.2, 0) is 0 Å². The van der Waals surface area contributed by atoms with E-state index in [4.69, 9.17) is 0 Å². The largest absolute Gasteiger partial charge is 0.0807 e. The normalized spacial score (nSPS) is 35.3. The van der Waals surface area contributed by atoms with E-state index in [0.717, 1.165) is 0 Å². The van der Waals surface area contributed by atoms with Gasteiger partial charge >= 0.3 is 0 Å². The zero-order chi connectivity index (χ0) is 8.23. The Morgan fingerprint density at radius 3 is 3.00 bits per heavy atom. The number of hydrogen-bond acceptors (Lipinski definition) is 0. The van der Waals surface area contributed by atoms with Crippen molar-refractivity contribution in [1.29, 1.82) is 0 Å². The van der Waals surface area contributed by atoms with E-state index in [9.17, 15) is 0 Å². The van der Waals surface area contributed by atoms with Gasteiger partial charge in [0, 0.05) is 5.92 Å². The topological polar surface area (TPSA) is 0 Å². The van der Waals surface area contributed by atoms with Crippen molar-refractivity contribution in [2.75, 3.05) is 0 Å². The van der Waals surface area contributed by atoms with E-state index in [1.165, 1.54) is 24.8 Å². The Bertz CT molecular complexity index is 264. The molecule has 2 aliphatic rings. The molecule has 0 radical (unpaired) electrons. The number of rotatable bonds is 0. The van der Waals surface area contributed by atoms with Gasteiger partial charge < -0.3 is 0 Å². The molecule has 0 nitrogen and oxygen atoms in total. The number of allylic oxidation sites excluding steroid dienone is 8. The highest BCUT2D eigenvalue weighted by molar-refractivity contribution is 5.32. The van der Waals surface area contributed by atoms with Gasteiger partial charge in [0.1, 0.15) is 0 Å². The lowest BCUT2D eigenvalue weighted by Gasteiger charge is -2.19. The highest BCUT2D eigenvalue weighted by Gasteiger charge is 2.12. The minimum absolute atomic E-state index is 0.681. The summed E-state index contributed by atoms with van der Waals surface area (Å²) in [5, 5.41) is 0. The average Bonchev–Trinajstić information content (AvgIpc) is 2.06. The zero-order valence-electron chi connectivity index (χ0n) is 7.24. The third-order valence-corrected chi connectivity index (χ3v) is 2.49. The third kappa shape index (κ3) is 1.58. The van der Waals surface area contributed by atoms with Gasteiger partial charge in [0.25, 0.3) is 0 Å². The van der Waals surface area contributed by atoms with Gasteiger partial charge in [-0.1, -0.05) is 42.5 Å². The van der Waals surface area contributed by atoms with Gasteiger partial charge in [-0.3, -0.25) is 0 Å². The van der Waals surface area contributed by atoms with E-state index < -0.39 is 0 Å². The quantitative estimate of drug-likeness (QED) is 0.507. The molecule has 0 fully saturated rings. The first kappa shape index (κ1) is 7.60. The molecule has 0 heterocycles. The Labute approximate surface area is 74.0 Å². The number of fused-ring (bicyclic) bond motifs is 1. The van der Waals surface area contributed by atoms with Crippen molar-refractivity contribution in [1.82, 2.24) is 0 Å². The molecule has 0 aliphatic heterocycles. The van der Waals surface area contributed by atoms with E-state index >= 15 is 0 Å². The molecule has 0 saturated heterocycles. The fourth-order valence-corrected chi connectivity index (χ4v) is 1.82. The van der Waals surface area contributed by atoms with Gasteiger partial charge in [-0.15, -0.1) is 0 Å². The van der Waals surface area contributed by atoms with Gasteiger partial charge in [-0.2, -0.15) is 0 Å². The highest BCUT2D eigenvalue weighted by atomic mass is 14.2. The second kappa shape index (κ2) is 3.57. The van der Waals surface area contributed by atoms with Crippen LogP contribution in [0.25, 0.3) is 0 Å². The fourth-order valence-electron chi connectivity index (χ4n) is 1.82. The van der Waals surface area contributed by atoms with Gasteiger partial charge in [-0.25, -0.2) is 0 Å². The van der Waals surface area contributed by atoms with E-state index in [1.54, 1.807) is 0 Å². The predicted octanol–water partition coefficient (Wildman–Crippen LogP) is 3.40. The Kier molecular flexibility index (Phi) is 2.26. The molecule has 0 aromatic rings. The van der Waals surface area contributed by atoms with Crippen LogP contribution >= 0.6 is 0 Å². The Morgan fingerprint density at radius 1 is 1.08 bits per heavy atom. The van der Waals surface area contributed by atoms with Crippen molar-refractivity contribution in [2.45, 2.75) is 19.3 Å². The fraction of sp³-hybridized carbons (Fsp3) is 0.333. The van der Waals surface area contributed by atoms with Crippen molar-refractivity contribution in [3.8, 4) is 0 Å². The molecule has 1 atom stereocenters. The van der Waals surface area contributed by atoms with Crippen molar-refractivity contribution >= 4 is 0 Å². The van der Waals surface area contributed by atoms with E-state index in [2.05, 4.69) is 42.5 Å². The van der Waals surface area contributed by atoms with E-state index in [1.807, 2.05) is 0 Å². The van der Waals surface area contributed by atoms with Crippen molar-refractivity contribution < 1.29 is 0 Å². The van der Waals surface area contributed by atoms with Crippen LogP contribution in [-0.4, -0.2) is 0 Å². The lowest BCUT2D eigenvalue weighted by atomic mass is 9.86. The molecule has 0 amide bonds. The molecular formula is C12H14. The SMILES string of the molecule is C1=C2\C=C/C=C\C=C/C2CCC1. The summed E-state index contributed by atoms with van der Waals surface area (Å²) in [7, 11) is 0. The minimum atomic E-state index is 0.681. The zero-order valence-corrected chi connectivity index (χ0v) is 7.24. The smallest absolute Gasteiger partial charge is 0.00180 e. The van der Waals surface area contributed by atoms with Crippen LogP contribution in [0, 0.1) is 5.92 Å². The van der Waals surface area contributed by atoms with Crippen LogP contribution in [0.5, 0.6) is 0 Å². The van der Waals surface area contributed by atoms with Crippen LogP contribution in [0.3, 0.4) is 0 Å². The summed E-state index contributed by atoms with van der Waals surface area (Å²) in [5.41, 5.74) is 1.50. The number of hydrogen-bond donors (Lipinski definition) is 0. The molecule has 2 rings (SSSR count). The monoisotopic (exact) mass is 158 g/mol. The lowest BCUT2D eigenvalue weighted by Crippen LogP contribution is -2.04. The maximum absolute atomic E-state index is 2.37. The van der Waals surface area contributed by atoms with Crippen molar-refractivity contribution in [3.63, 3.8) is 0 Å². The summed E-state index contributed by atoms with van der Waals surface area (Å²) >= 11 is 0. The second-order valence-corrected chi connectivity index (χ2v) is 3.37. The summed E-state index contributed by atoms with van der Waals surface area (Å²) in [6.07, 6.45) is 19.3. The first-order valence-corrected chi connectivity index (χ1v) is 4.68. The van der Waals surface area contributed by atoms with Crippen molar-refractivity contribution in [2.24, 2.45) is 5.92 Å². The molecule has 62 valence electrons. The van der Waals surface area contributed by atoms with Gasteiger partial charge in [0.15, 0.2) is 0 Å². The summed E-state index contributed by atoms with van der Waals surface area (Å²) in [6.45, 7) is 0. The van der Waals surface area contributed by atoms with Gasteiger partial charge in [-0.05, 0) is 24.8 Å². The van der Waals surface area contributed by atoms with Gasteiger partial charge in [0.2, 0.25) is 0 Å². The maximum atomic E-state index is 2.37. The Morgan fingerprint density at radius 2 is 2.00 bits per heavy atom. The Balaban J connectivity index is 2.28. The first-order valence-electron chi connectivity index (χ1n) is 4.68. The van der Waals surface area contributed by atoms with E-state index in [0.29, 0.717) is 5.92 Å². The summed E-state index contributed by atoms with van der Waals surface area (Å²) in [4.78, 5) is 0.